The summed E-state index contributed by atoms with van der Waals surface area (Å²) in [5.74, 6) is -0.258. The Morgan fingerprint density at radius 2 is 1.76 bits per heavy atom. The second kappa shape index (κ2) is 7.51. The topological polar surface area (TPSA) is 76.0 Å². The molecule has 1 aromatic heterocycles. The van der Waals surface area contributed by atoms with E-state index in [1.807, 2.05) is 47.6 Å². The number of aryl methyl sites for hydroxylation is 3. The molecule has 0 unspecified atom stereocenters. The highest BCUT2D eigenvalue weighted by molar-refractivity contribution is 5.98. The molecule has 0 aliphatic rings. The molecule has 0 aliphatic heterocycles. The summed E-state index contributed by atoms with van der Waals surface area (Å²) in [6, 6.07) is 6.88. The number of benzene rings is 1. The lowest BCUT2D eigenvalue weighted by Gasteiger charge is -2.16. The molecule has 0 fully saturated rings. The van der Waals surface area contributed by atoms with Crippen LogP contribution >= 0.6 is 0 Å². The van der Waals surface area contributed by atoms with E-state index >= 15 is 0 Å². The van der Waals surface area contributed by atoms with E-state index < -0.39 is 6.04 Å². The highest BCUT2D eigenvalue weighted by Gasteiger charge is 2.18. The van der Waals surface area contributed by atoms with E-state index in [2.05, 4.69) is 15.7 Å². The quantitative estimate of drug-likeness (QED) is 0.876. The Bertz CT molecular complexity index is 793. The minimum atomic E-state index is -0.419. The number of hydrogen-bond acceptors (Lipinski definition) is 3. The number of nitrogens with one attached hydrogen (secondary N) is 2. The first-order chi connectivity index (χ1) is 11.7. The first kappa shape index (κ1) is 18.7. The zero-order chi connectivity index (χ0) is 18.7. The summed E-state index contributed by atoms with van der Waals surface area (Å²) in [6.45, 7) is 11.3. The predicted octanol–water partition coefficient (Wildman–Crippen LogP) is 3.15. The average molecular weight is 342 g/mol. The van der Waals surface area contributed by atoms with Gasteiger partial charge in [-0.25, -0.2) is 0 Å². The Hall–Kier alpha value is -2.63. The van der Waals surface area contributed by atoms with Gasteiger partial charge in [-0.3, -0.25) is 14.3 Å². The summed E-state index contributed by atoms with van der Waals surface area (Å²) in [6.07, 6.45) is 0. The number of carbonyl (C=O) groups excluding carboxylic acids is 2. The lowest BCUT2D eigenvalue weighted by atomic mass is 10.1. The van der Waals surface area contributed by atoms with E-state index in [1.54, 1.807) is 22.9 Å². The van der Waals surface area contributed by atoms with Crippen LogP contribution in [0.15, 0.2) is 24.3 Å². The van der Waals surface area contributed by atoms with Gasteiger partial charge < -0.3 is 10.6 Å². The third-order valence-corrected chi connectivity index (χ3v) is 3.95. The smallest absolute Gasteiger partial charge is 0.251 e. The van der Waals surface area contributed by atoms with Crippen LogP contribution in [0, 0.1) is 20.8 Å². The highest BCUT2D eigenvalue weighted by atomic mass is 16.2. The molecule has 0 aliphatic carbocycles. The molecule has 2 amide bonds. The van der Waals surface area contributed by atoms with Gasteiger partial charge in [0, 0.05) is 23.0 Å². The first-order valence-corrected chi connectivity index (χ1v) is 8.44. The highest BCUT2D eigenvalue weighted by Crippen LogP contribution is 2.18. The van der Waals surface area contributed by atoms with Crippen LogP contribution in [-0.2, 0) is 4.79 Å². The first-order valence-electron chi connectivity index (χ1n) is 8.44. The number of nitrogens with zero attached hydrogens (tertiary/aromatic N) is 2. The fraction of sp³-hybridized carbons (Fsp3) is 0.421. The van der Waals surface area contributed by atoms with Crippen molar-refractivity contribution in [2.45, 2.75) is 53.6 Å². The van der Waals surface area contributed by atoms with Crippen LogP contribution in [-0.4, -0.2) is 27.6 Å². The molecule has 6 heteroatoms. The SMILES string of the molecule is Cc1cc(C)n([C@H](C)C(=O)Nc2ccc(C(=O)NC(C)C)c(C)c2)n1. The van der Waals surface area contributed by atoms with Crippen molar-refractivity contribution in [3.8, 4) is 0 Å². The Morgan fingerprint density at radius 1 is 1.08 bits per heavy atom. The van der Waals surface area contributed by atoms with Crippen molar-refractivity contribution in [3.05, 3.63) is 46.8 Å². The van der Waals surface area contributed by atoms with Gasteiger partial charge >= 0.3 is 0 Å². The van der Waals surface area contributed by atoms with Gasteiger partial charge in [0.15, 0.2) is 0 Å². The van der Waals surface area contributed by atoms with Crippen molar-refractivity contribution in [1.82, 2.24) is 15.1 Å². The molecule has 25 heavy (non-hydrogen) atoms. The van der Waals surface area contributed by atoms with Gasteiger partial charge in [0.2, 0.25) is 5.91 Å². The van der Waals surface area contributed by atoms with Crippen LogP contribution in [0.1, 0.15) is 54.1 Å². The van der Waals surface area contributed by atoms with E-state index in [1.165, 1.54) is 0 Å². The second-order valence-corrected chi connectivity index (χ2v) is 6.69. The van der Waals surface area contributed by atoms with Crippen LogP contribution in [0.4, 0.5) is 5.69 Å². The van der Waals surface area contributed by atoms with Crippen molar-refractivity contribution < 1.29 is 9.59 Å². The monoisotopic (exact) mass is 342 g/mol. The third kappa shape index (κ3) is 4.47. The molecular formula is C19H26N4O2. The fourth-order valence-electron chi connectivity index (χ4n) is 2.73. The van der Waals surface area contributed by atoms with Crippen molar-refractivity contribution >= 4 is 17.5 Å². The molecule has 1 atom stereocenters. The van der Waals surface area contributed by atoms with Crippen LogP contribution in [0.25, 0.3) is 0 Å². The van der Waals surface area contributed by atoms with Gasteiger partial charge in [0.25, 0.3) is 5.91 Å². The van der Waals surface area contributed by atoms with Crippen molar-refractivity contribution in [2.24, 2.45) is 0 Å². The van der Waals surface area contributed by atoms with E-state index in [-0.39, 0.29) is 17.9 Å². The Labute approximate surface area is 148 Å². The van der Waals surface area contributed by atoms with Crippen molar-refractivity contribution in [1.29, 1.82) is 0 Å². The second-order valence-electron chi connectivity index (χ2n) is 6.69. The summed E-state index contributed by atoms with van der Waals surface area (Å²) in [5.41, 5.74) is 3.91. The maximum absolute atomic E-state index is 12.5. The molecule has 0 saturated carbocycles. The zero-order valence-corrected chi connectivity index (χ0v) is 15.7. The number of amides is 2. The minimum absolute atomic E-state index is 0.0768. The Kier molecular flexibility index (Phi) is 5.62. The molecule has 0 radical (unpaired) electrons. The number of aromatic nitrogens is 2. The molecule has 6 nitrogen and oxygen atoms in total. The molecule has 0 bridgehead atoms. The normalized spacial score (nSPS) is 12.1. The summed E-state index contributed by atoms with van der Waals surface area (Å²) < 4.78 is 1.71. The Morgan fingerprint density at radius 3 is 2.28 bits per heavy atom. The zero-order valence-electron chi connectivity index (χ0n) is 15.7. The summed E-state index contributed by atoms with van der Waals surface area (Å²) in [7, 11) is 0. The number of rotatable bonds is 5. The van der Waals surface area contributed by atoms with Crippen LogP contribution in [0.3, 0.4) is 0 Å². The van der Waals surface area contributed by atoms with E-state index in [9.17, 15) is 9.59 Å². The van der Waals surface area contributed by atoms with Crippen LogP contribution in [0.2, 0.25) is 0 Å². The number of carbonyl (C=O) groups is 2. The molecule has 0 spiro atoms. The van der Waals surface area contributed by atoms with Gasteiger partial charge in [0.1, 0.15) is 6.04 Å². The van der Waals surface area contributed by atoms with Gasteiger partial charge in [-0.15, -0.1) is 0 Å². The summed E-state index contributed by atoms with van der Waals surface area (Å²) in [5, 5.41) is 10.1. The standard InChI is InChI=1S/C19H26N4O2/c1-11(2)20-19(25)17-8-7-16(9-12(17)3)21-18(24)15(6)23-14(5)10-13(4)22-23/h7-11,15H,1-6H3,(H,20,25)(H,21,24)/t15-/m1/s1. The van der Waals surface area contributed by atoms with Crippen LogP contribution < -0.4 is 10.6 Å². The number of anilines is 1. The van der Waals surface area contributed by atoms with E-state index in [4.69, 9.17) is 0 Å². The maximum Gasteiger partial charge on any atom is 0.251 e. The molecule has 2 N–H and O–H groups in total. The maximum atomic E-state index is 12.5. The number of hydrogen-bond donors (Lipinski definition) is 2. The van der Waals surface area contributed by atoms with Gasteiger partial charge in [-0.2, -0.15) is 5.10 Å². The summed E-state index contributed by atoms with van der Waals surface area (Å²) >= 11 is 0. The minimum Gasteiger partial charge on any atom is -0.350 e. The van der Waals surface area contributed by atoms with Crippen molar-refractivity contribution in [3.63, 3.8) is 0 Å². The van der Waals surface area contributed by atoms with Crippen LogP contribution in [0.5, 0.6) is 0 Å². The lowest BCUT2D eigenvalue weighted by Crippen LogP contribution is -2.30. The Balaban J connectivity index is 2.12. The summed E-state index contributed by atoms with van der Waals surface area (Å²) in [4.78, 5) is 24.6. The predicted molar refractivity (Wildman–Crippen MR) is 98.8 cm³/mol. The largest absolute Gasteiger partial charge is 0.350 e. The van der Waals surface area contributed by atoms with Crippen molar-refractivity contribution in [2.75, 3.05) is 5.32 Å². The van der Waals surface area contributed by atoms with Gasteiger partial charge in [-0.1, -0.05) is 0 Å². The molecule has 0 saturated heterocycles. The van der Waals surface area contributed by atoms with Gasteiger partial charge in [0.05, 0.1) is 5.69 Å². The van der Waals surface area contributed by atoms with Gasteiger partial charge in [-0.05, 0) is 71.4 Å². The van der Waals surface area contributed by atoms with E-state index in [0.29, 0.717) is 11.3 Å². The molecule has 134 valence electrons. The third-order valence-electron chi connectivity index (χ3n) is 3.95. The molecule has 1 aromatic carbocycles. The molecular weight excluding hydrogens is 316 g/mol. The molecule has 2 aromatic rings. The molecule has 1 heterocycles. The lowest BCUT2D eigenvalue weighted by molar-refractivity contribution is -0.119. The van der Waals surface area contributed by atoms with E-state index in [0.717, 1.165) is 17.0 Å². The fourth-order valence-corrected chi connectivity index (χ4v) is 2.73. The average Bonchev–Trinajstić information content (AvgIpc) is 2.84. The molecule has 2 rings (SSSR count).